The smallest absolute Gasteiger partial charge is 0.262 e. The molecule has 3 N–H and O–H groups in total. The molecule has 0 amide bonds. The molecule has 4 aromatic rings. The lowest BCUT2D eigenvalue weighted by Crippen LogP contribution is -2.45. The minimum Gasteiger partial charge on any atom is -0.390 e. The molecule has 0 bridgehead atoms. The van der Waals surface area contributed by atoms with Crippen LogP contribution in [0.25, 0.3) is 10.9 Å². The fraction of sp³-hybridized carbons (Fsp3) is 0.407. The Bertz CT molecular complexity index is 1580. The second kappa shape index (κ2) is 10.8. The molecule has 1 saturated heterocycles. The van der Waals surface area contributed by atoms with Crippen molar-refractivity contribution in [3.63, 3.8) is 0 Å². The standard InChI is InChI=1S/C27H29ClN6O3S2/c1-37-10-9-34-15-31-17-2-3-19(22(28)21(17)26(34)36)39-20-13-30-25(18(14-35)32-20)33-7-5-27(6-8-33)12-16-4-11-38-23(16)24(27)29/h2-4,11,13,15,24,35H,5-10,12,14,29H2,1H3/t24-/m1/s1. The number of aliphatic hydroxyl groups excluding tert-OH is 1. The van der Waals surface area contributed by atoms with E-state index in [1.165, 1.54) is 33.1 Å². The molecule has 0 radical (unpaired) electrons. The zero-order valence-corrected chi connectivity index (χ0v) is 23.9. The monoisotopic (exact) mass is 584 g/mol. The van der Waals surface area contributed by atoms with Crippen LogP contribution in [0, 0.1) is 5.41 Å². The highest BCUT2D eigenvalue weighted by molar-refractivity contribution is 7.99. The summed E-state index contributed by atoms with van der Waals surface area (Å²) in [4.78, 5) is 31.0. The van der Waals surface area contributed by atoms with E-state index in [0.717, 1.165) is 32.4 Å². The molecule has 1 aliphatic heterocycles. The predicted octanol–water partition coefficient (Wildman–Crippen LogP) is 4.03. The third-order valence-corrected chi connectivity index (χ3v) is 10.4. The summed E-state index contributed by atoms with van der Waals surface area (Å²) in [7, 11) is 1.58. The number of methoxy groups -OCH3 is 1. The molecule has 1 fully saturated rings. The van der Waals surface area contributed by atoms with Crippen molar-refractivity contribution in [2.45, 2.75) is 48.4 Å². The van der Waals surface area contributed by atoms with Crippen LogP contribution in [-0.2, 0) is 24.3 Å². The third-order valence-electron chi connectivity index (χ3n) is 7.92. The number of aromatic nitrogens is 4. The van der Waals surface area contributed by atoms with E-state index in [0.29, 0.717) is 50.5 Å². The summed E-state index contributed by atoms with van der Waals surface area (Å²) in [5.74, 6) is 0.702. The van der Waals surface area contributed by atoms with Gasteiger partial charge < -0.3 is 20.5 Å². The van der Waals surface area contributed by atoms with E-state index < -0.39 is 0 Å². The fourth-order valence-electron chi connectivity index (χ4n) is 5.73. The SMILES string of the molecule is COCCn1cnc2ccc(Sc3cnc(N4CCC5(CC4)Cc4ccsc4[C@H]5N)c(CO)n3)c(Cl)c2c1=O. The Morgan fingerprint density at radius 2 is 2.10 bits per heavy atom. The van der Waals surface area contributed by atoms with Gasteiger partial charge in [-0.3, -0.25) is 9.36 Å². The number of nitrogens with zero attached hydrogens (tertiary/aromatic N) is 5. The molecule has 0 saturated carbocycles. The Hall–Kier alpha value is -2.54. The van der Waals surface area contributed by atoms with E-state index in [1.54, 1.807) is 30.7 Å². The average Bonchev–Trinajstić information content (AvgIpc) is 3.50. The van der Waals surface area contributed by atoms with Crippen LogP contribution in [-0.4, -0.2) is 51.4 Å². The quantitative estimate of drug-likeness (QED) is 0.332. The summed E-state index contributed by atoms with van der Waals surface area (Å²) in [5, 5.41) is 13.6. The van der Waals surface area contributed by atoms with Crippen molar-refractivity contribution in [1.82, 2.24) is 19.5 Å². The predicted molar refractivity (Wildman–Crippen MR) is 154 cm³/mol. The molecule has 3 aromatic heterocycles. The topological polar surface area (TPSA) is 119 Å². The maximum Gasteiger partial charge on any atom is 0.262 e. The largest absolute Gasteiger partial charge is 0.390 e. The number of benzene rings is 1. The molecule has 12 heteroatoms. The van der Waals surface area contributed by atoms with Crippen molar-refractivity contribution in [2.24, 2.45) is 11.1 Å². The summed E-state index contributed by atoms with van der Waals surface area (Å²) >= 11 is 9.78. The molecule has 1 atom stereocenters. The molecule has 1 aliphatic carbocycles. The zero-order valence-electron chi connectivity index (χ0n) is 21.5. The first-order valence-corrected chi connectivity index (χ1v) is 14.9. The lowest BCUT2D eigenvalue weighted by molar-refractivity contribution is 0.186. The van der Waals surface area contributed by atoms with E-state index in [-0.39, 0.29) is 23.6 Å². The summed E-state index contributed by atoms with van der Waals surface area (Å²) < 4.78 is 6.58. The molecule has 204 valence electrons. The number of hydrogen-bond acceptors (Lipinski definition) is 10. The first kappa shape index (κ1) is 26.7. The number of nitrogens with two attached hydrogens (primary N) is 1. The number of ether oxygens (including phenoxy) is 1. The number of aliphatic hydroxyl groups is 1. The van der Waals surface area contributed by atoms with Gasteiger partial charge in [-0.05, 0) is 53.8 Å². The van der Waals surface area contributed by atoms with E-state index in [4.69, 9.17) is 32.0 Å². The van der Waals surface area contributed by atoms with Gasteiger partial charge in [0.1, 0.15) is 10.7 Å². The highest BCUT2D eigenvalue weighted by Crippen LogP contribution is 2.52. The lowest BCUT2D eigenvalue weighted by Gasteiger charge is -2.42. The number of rotatable bonds is 7. The first-order valence-electron chi connectivity index (χ1n) is 12.8. The Morgan fingerprint density at radius 3 is 2.85 bits per heavy atom. The number of thiophene rings is 1. The summed E-state index contributed by atoms with van der Waals surface area (Å²) in [6, 6.07) is 5.89. The number of hydrogen-bond donors (Lipinski definition) is 2. The molecular weight excluding hydrogens is 556 g/mol. The van der Waals surface area contributed by atoms with Gasteiger partial charge in [0.15, 0.2) is 5.82 Å². The van der Waals surface area contributed by atoms with Crippen molar-refractivity contribution >= 4 is 51.4 Å². The van der Waals surface area contributed by atoms with Crippen LogP contribution in [0.5, 0.6) is 0 Å². The molecule has 2 aliphatic rings. The Morgan fingerprint density at radius 1 is 1.28 bits per heavy atom. The highest BCUT2D eigenvalue weighted by Gasteiger charge is 2.46. The second-order valence-electron chi connectivity index (χ2n) is 10.1. The van der Waals surface area contributed by atoms with Crippen molar-refractivity contribution in [2.75, 3.05) is 31.7 Å². The number of anilines is 1. The maximum absolute atomic E-state index is 13.0. The van der Waals surface area contributed by atoms with Crippen LogP contribution in [0.3, 0.4) is 0 Å². The molecule has 9 nitrogen and oxygen atoms in total. The van der Waals surface area contributed by atoms with Gasteiger partial charge in [0.05, 0.1) is 48.2 Å². The van der Waals surface area contributed by atoms with Gasteiger partial charge in [-0.25, -0.2) is 15.0 Å². The van der Waals surface area contributed by atoms with Crippen LogP contribution in [0.1, 0.15) is 35.0 Å². The second-order valence-corrected chi connectivity index (χ2v) is 12.4. The Balaban J connectivity index is 1.21. The van der Waals surface area contributed by atoms with Gasteiger partial charge in [-0.2, -0.15) is 0 Å². The number of halogens is 1. The normalized spacial score (nSPS) is 18.3. The molecular formula is C27H29ClN6O3S2. The molecule has 1 aromatic carbocycles. The van der Waals surface area contributed by atoms with Crippen molar-refractivity contribution < 1.29 is 9.84 Å². The van der Waals surface area contributed by atoms with Gasteiger partial charge >= 0.3 is 0 Å². The number of fused-ring (bicyclic) bond motifs is 2. The molecule has 0 unspecified atom stereocenters. The van der Waals surface area contributed by atoms with Crippen molar-refractivity contribution in [3.05, 3.63) is 67.6 Å². The van der Waals surface area contributed by atoms with E-state index >= 15 is 0 Å². The van der Waals surface area contributed by atoms with Gasteiger partial charge in [-0.15, -0.1) is 11.3 Å². The van der Waals surface area contributed by atoms with Gasteiger partial charge in [-0.1, -0.05) is 23.4 Å². The van der Waals surface area contributed by atoms with Crippen molar-refractivity contribution in [1.29, 1.82) is 0 Å². The van der Waals surface area contributed by atoms with E-state index in [1.807, 2.05) is 6.07 Å². The van der Waals surface area contributed by atoms with Crippen molar-refractivity contribution in [3.8, 4) is 0 Å². The summed E-state index contributed by atoms with van der Waals surface area (Å²) in [6.45, 7) is 2.18. The van der Waals surface area contributed by atoms with Crippen LogP contribution in [0.4, 0.5) is 5.82 Å². The Kier molecular flexibility index (Phi) is 7.38. The summed E-state index contributed by atoms with van der Waals surface area (Å²) in [6.07, 6.45) is 6.19. The maximum atomic E-state index is 13.0. The average molecular weight is 585 g/mol. The third kappa shape index (κ3) is 4.75. The van der Waals surface area contributed by atoms with Crippen LogP contribution in [0.15, 0.2) is 50.8 Å². The van der Waals surface area contributed by atoms with Gasteiger partial charge in [0, 0.05) is 36.0 Å². The highest BCUT2D eigenvalue weighted by atomic mass is 35.5. The lowest BCUT2D eigenvalue weighted by atomic mass is 9.73. The first-order chi connectivity index (χ1) is 18.9. The Labute approximate surface area is 239 Å². The molecule has 4 heterocycles. The van der Waals surface area contributed by atoms with Gasteiger partial charge in [0.2, 0.25) is 0 Å². The summed E-state index contributed by atoms with van der Waals surface area (Å²) in [5.41, 5.74) is 9.03. The van der Waals surface area contributed by atoms with Crippen LogP contribution in [0.2, 0.25) is 5.02 Å². The number of piperidine rings is 1. The van der Waals surface area contributed by atoms with Crippen LogP contribution >= 0.6 is 34.7 Å². The van der Waals surface area contributed by atoms with E-state index in [2.05, 4.69) is 21.3 Å². The van der Waals surface area contributed by atoms with Crippen LogP contribution < -0.4 is 16.2 Å². The minimum absolute atomic E-state index is 0.0859. The fourth-order valence-corrected chi connectivity index (χ4v) is 7.97. The van der Waals surface area contributed by atoms with Gasteiger partial charge in [0.25, 0.3) is 5.56 Å². The molecule has 39 heavy (non-hydrogen) atoms. The molecule has 1 spiro atoms. The van der Waals surface area contributed by atoms with E-state index in [9.17, 15) is 9.90 Å². The molecule has 6 rings (SSSR count). The zero-order chi connectivity index (χ0) is 27.1. The minimum atomic E-state index is -0.227.